The van der Waals surface area contributed by atoms with Crippen LogP contribution in [0.25, 0.3) is 0 Å². The van der Waals surface area contributed by atoms with Gasteiger partial charge in [-0.15, -0.1) is 0 Å². The van der Waals surface area contributed by atoms with Gasteiger partial charge in [-0.25, -0.2) is 10.2 Å². The van der Waals surface area contributed by atoms with E-state index >= 15 is 0 Å². The fraction of sp³-hybridized carbons (Fsp3) is 0.0500. The molecule has 3 rings (SSSR count). The Labute approximate surface area is 141 Å². The van der Waals surface area contributed by atoms with Gasteiger partial charge in [0, 0.05) is 12.2 Å². The smallest absolute Gasteiger partial charge is 0.343 e. The normalized spacial score (nSPS) is 10.2. The quantitative estimate of drug-likeness (QED) is 0.409. The van der Waals surface area contributed by atoms with Crippen molar-refractivity contribution in [3.8, 4) is 5.75 Å². The molecule has 0 saturated heterocycles. The van der Waals surface area contributed by atoms with Gasteiger partial charge in [0.1, 0.15) is 5.75 Å². The fourth-order valence-corrected chi connectivity index (χ4v) is 2.19. The second-order valence-electron chi connectivity index (χ2n) is 5.24. The minimum Gasteiger partial charge on any atom is -0.423 e. The summed E-state index contributed by atoms with van der Waals surface area (Å²) in [6, 6.07) is 26.3. The first-order valence-electron chi connectivity index (χ1n) is 7.71. The van der Waals surface area contributed by atoms with Gasteiger partial charge in [0.2, 0.25) is 0 Å². The molecule has 120 valence electrons. The number of rotatable bonds is 6. The van der Waals surface area contributed by atoms with Gasteiger partial charge < -0.3 is 10.2 Å². The third-order valence-electron chi connectivity index (χ3n) is 3.44. The highest BCUT2D eigenvalue weighted by Gasteiger charge is 2.07. The number of carbonyl (C=O) groups is 1. The lowest BCUT2D eigenvalue weighted by Gasteiger charge is -2.09. The van der Waals surface area contributed by atoms with Crippen molar-refractivity contribution < 1.29 is 9.53 Å². The van der Waals surface area contributed by atoms with Crippen molar-refractivity contribution in [1.29, 1.82) is 0 Å². The second-order valence-corrected chi connectivity index (χ2v) is 5.24. The second kappa shape index (κ2) is 7.94. The van der Waals surface area contributed by atoms with Crippen molar-refractivity contribution >= 4 is 11.7 Å². The third kappa shape index (κ3) is 4.44. The Kier molecular flexibility index (Phi) is 5.22. The van der Waals surface area contributed by atoms with Gasteiger partial charge in [-0.3, -0.25) is 0 Å². The van der Waals surface area contributed by atoms with E-state index in [9.17, 15) is 4.79 Å². The molecule has 0 aliphatic rings. The van der Waals surface area contributed by atoms with E-state index in [1.165, 1.54) is 0 Å². The number of hydrazine groups is 1. The summed E-state index contributed by atoms with van der Waals surface area (Å²) < 4.78 is 5.35. The number of benzene rings is 3. The van der Waals surface area contributed by atoms with Gasteiger partial charge >= 0.3 is 5.97 Å². The van der Waals surface area contributed by atoms with Crippen LogP contribution in [0.3, 0.4) is 0 Å². The summed E-state index contributed by atoms with van der Waals surface area (Å²) in [5, 5.41) is 0. The van der Waals surface area contributed by atoms with Crippen LogP contribution in [0.2, 0.25) is 0 Å². The highest BCUT2D eigenvalue weighted by Crippen LogP contribution is 2.14. The summed E-state index contributed by atoms with van der Waals surface area (Å²) in [5.41, 5.74) is 8.90. The first-order valence-corrected chi connectivity index (χ1v) is 7.71. The zero-order valence-electron chi connectivity index (χ0n) is 13.1. The minimum atomic E-state index is -0.354. The van der Waals surface area contributed by atoms with E-state index in [2.05, 4.69) is 10.9 Å². The SMILES string of the molecule is O=C(Oc1ccc(CNNc2ccccc2)cc1)c1ccccc1. The van der Waals surface area contributed by atoms with E-state index in [0.717, 1.165) is 11.3 Å². The van der Waals surface area contributed by atoms with Crippen LogP contribution in [-0.2, 0) is 6.54 Å². The van der Waals surface area contributed by atoms with E-state index in [1.54, 1.807) is 24.3 Å². The number of esters is 1. The first-order chi connectivity index (χ1) is 11.8. The van der Waals surface area contributed by atoms with Crippen molar-refractivity contribution in [2.45, 2.75) is 6.54 Å². The number of hydrogen-bond donors (Lipinski definition) is 2. The van der Waals surface area contributed by atoms with Crippen LogP contribution >= 0.6 is 0 Å². The predicted molar refractivity (Wildman–Crippen MR) is 94.7 cm³/mol. The zero-order chi connectivity index (χ0) is 16.6. The summed E-state index contributed by atoms with van der Waals surface area (Å²) in [5.74, 6) is 0.177. The van der Waals surface area contributed by atoms with E-state index in [4.69, 9.17) is 4.74 Å². The summed E-state index contributed by atoms with van der Waals surface area (Å²) in [7, 11) is 0. The molecule has 0 aliphatic heterocycles. The molecule has 0 bridgehead atoms. The molecule has 2 N–H and O–H groups in total. The Hall–Kier alpha value is -3.11. The average Bonchev–Trinajstić information content (AvgIpc) is 2.65. The average molecular weight is 318 g/mol. The molecule has 0 fully saturated rings. The van der Waals surface area contributed by atoms with Crippen LogP contribution in [0, 0.1) is 0 Å². The van der Waals surface area contributed by atoms with Gasteiger partial charge in [0.05, 0.1) is 5.56 Å². The first kappa shape index (κ1) is 15.8. The van der Waals surface area contributed by atoms with Gasteiger partial charge in [0.15, 0.2) is 0 Å². The number of nitrogens with one attached hydrogen (secondary N) is 2. The maximum atomic E-state index is 12.0. The lowest BCUT2D eigenvalue weighted by Crippen LogP contribution is -2.20. The monoisotopic (exact) mass is 318 g/mol. The lowest BCUT2D eigenvalue weighted by molar-refractivity contribution is 0.0734. The molecule has 24 heavy (non-hydrogen) atoms. The number of hydrogen-bond acceptors (Lipinski definition) is 4. The molecule has 0 aromatic heterocycles. The number of ether oxygens (including phenoxy) is 1. The fourth-order valence-electron chi connectivity index (χ4n) is 2.19. The van der Waals surface area contributed by atoms with Crippen molar-refractivity contribution in [3.63, 3.8) is 0 Å². The van der Waals surface area contributed by atoms with E-state index in [-0.39, 0.29) is 5.97 Å². The zero-order valence-corrected chi connectivity index (χ0v) is 13.1. The molecule has 3 aromatic rings. The Morgan fingerprint density at radius 1 is 0.792 bits per heavy atom. The van der Waals surface area contributed by atoms with Crippen LogP contribution in [0.1, 0.15) is 15.9 Å². The molecular formula is C20H18N2O2. The van der Waals surface area contributed by atoms with E-state index < -0.39 is 0 Å². The molecule has 3 aromatic carbocycles. The van der Waals surface area contributed by atoms with Crippen LogP contribution in [0.5, 0.6) is 5.75 Å². The van der Waals surface area contributed by atoms with Gasteiger partial charge in [-0.2, -0.15) is 0 Å². The molecular weight excluding hydrogens is 300 g/mol. The Bertz CT molecular complexity index is 772. The molecule has 0 saturated carbocycles. The predicted octanol–water partition coefficient (Wildman–Crippen LogP) is 4.02. The molecule has 0 atom stereocenters. The Morgan fingerprint density at radius 3 is 2.08 bits per heavy atom. The highest BCUT2D eigenvalue weighted by atomic mass is 16.5. The topological polar surface area (TPSA) is 50.4 Å². The summed E-state index contributed by atoms with van der Waals surface area (Å²) in [4.78, 5) is 12.0. The van der Waals surface area contributed by atoms with Crippen molar-refractivity contribution in [1.82, 2.24) is 5.43 Å². The lowest BCUT2D eigenvalue weighted by atomic mass is 10.2. The molecule has 0 spiro atoms. The minimum absolute atomic E-state index is 0.354. The maximum absolute atomic E-state index is 12.0. The molecule has 4 nitrogen and oxygen atoms in total. The largest absolute Gasteiger partial charge is 0.423 e. The van der Waals surface area contributed by atoms with E-state index in [0.29, 0.717) is 17.9 Å². The van der Waals surface area contributed by atoms with Crippen LogP contribution in [0.4, 0.5) is 5.69 Å². The molecule has 0 unspecified atom stereocenters. The molecule has 0 heterocycles. The number of para-hydroxylation sites is 1. The summed E-state index contributed by atoms with van der Waals surface area (Å²) in [6.07, 6.45) is 0. The molecule has 4 heteroatoms. The summed E-state index contributed by atoms with van der Waals surface area (Å²) >= 11 is 0. The van der Waals surface area contributed by atoms with Crippen molar-refractivity contribution in [2.24, 2.45) is 0 Å². The van der Waals surface area contributed by atoms with Gasteiger partial charge in [-0.1, -0.05) is 48.5 Å². The van der Waals surface area contributed by atoms with Crippen LogP contribution in [0.15, 0.2) is 84.9 Å². The molecule has 0 radical (unpaired) electrons. The standard InChI is InChI=1S/C20H18N2O2/c23-20(17-7-3-1-4-8-17)24-19-13-11-16(12-14-19)15-21-22-18-9-5-2-6-10-18/h1-14,21-22H,15H2. The molecule has 0 amide bonds. The van der Waals surface area contributed by atoms with Crippen molar-refractivity contribution in [2.75, 3.05) is 5.43 Å². The van der Waals surface area contributed by atoms with Crippen molar-refractivity contribution in [3.05, 3.63) is 96.1 Å². The summed E-state index contributed by atoms with van der Waals surface area (Å²) in [6.45, 7) is 0.655. The number of carbonyl (C=O) groups excluding carboxylic acids is 1. The van der Waals surface area contributed by atoms with E-state index in [1.807, 2.05) is 60.7 Å². The number of anilines is 1. The highest BCUT2D eigenvalue weighted by molar-refractivity contribution is 5.90. The van der Waals surface area contributed by atoms with Crippen LogP contribution < -0.4 is 15.6 Å². The Morgan fingerprint density at radius 2 is 1.42 bits per heavy atom. The maximum Gasteiger partial charge on any atom is 0.343 e. The Balaban J connectivity index is 1.51. The van der Waals surface area contributed by atoms with Crippen LogP contribution in [-0.4, -0.2) is 5.97 Å². The van der Waals surface area contributed by atoms with Gasteiger partial charge in [-0.05, 0) is 42.0 Å². The van der Waals surface area contributed by atoms with Gasteiger partial charge in [0.25, 0.3) is 0 Å². The third-order valence-corrected chi connectivity index (χ3v) is 3.44. The molecule has 0 aliphatic carbocycles.